The molecule has 2 saturated heterocycles. The molecule has 6 heteroatoms. The quantitative estimate of drug-likeness (QED) is 0.834. The van der Waals surface area contributed by atoms with Gasteiger partial charge in [0, 0.05) is 50.4 Å². The molecule has 128 valence electrons. The lowest BCUT2D eigenvalue weighted by atomic mass is 9.84. The van der Waals surface area contributed by atoms with Gasteiger partial charge >= 0.3 is 0 Å². The van der Waals surface area contributed by atoms with E-state index in [1.807, 2.05) is 19.3 Å². The van der Waals surface area contributed by atoms with E-state index in [-0.39, 0.29) is 11.7 Å². The zero-order chi connectivity index (χ0) is 16.4. The zero-order valence-corrected chi connectivity index (χ0v) is 14.8. The Morgan fingerprint density at radius 1 is 1.38 bits per heavy atom. The van der Waals surface area contributed by atoms with Crippen molar-refractivity contribution in [3.05, 3.63) is 46.2 Å². The normalized spacial score (nSPS) is 23.3. The summed E-state index contributed by atoms with van der Waals surface area (Å²) in [7, 11) is 0. The van der Waals surface area contributed by atoms with Crippen molar-refractivity contribution in [1.82, 2.24) is 14.9 Å². The van der Waals surface area contributed by atoms with Gasteiger partial charge in [0.2, 0.25) is 0 Å². The molecule has 2 aromatic rings. The first-order valence-electron chi connectivity index (χ1n) is 8.49. The summed E-state index contributed by atoms with van der Waals surface area (Å²) in [5.41, 5.74) is 2.35. The zero-order valence-electron chi connectivity index (χ0n) is 14.0. The molecule has 0 saturated carbocycles. The number of nitrogens with zero attached hydrogens (tertiary/aromatic N) is 3. The van der Waals surface area contributed by atoms with Crippen LogP contribution in [0.4, 0.5) is 0 Å². The van der Waals surface area contributed by atoms with Crippen molar-refractivity contribution < 1.29 is 9.47 Å². The fourth-order valence-electron chi connectivity index (χ4n) is 3.65. The van der Waals surface area contributed by atoms with Crippen molar-refractivity contribution >= 4 is 11.3 Å². The van der Waals surface area contributed by atoms with E-state index in [4.69, 9.17) is 9.47 Å². The smallest absolute Gasteiger partial charge is 0.0959 e. The van der Waals surface area contributed by atoms with Gasteiger partial charge in [-0.3, -0.25) is 9.88 Å². The Hall–Kier alpha value is -1.34. The molecule has 1 atom stereocenters. The van der Waals surface area contributed by atoms with Crippen LogP contribution in [0.25, 0.3) is 0 Å². The molecule has 0 bridgehead atoms. The van der Waals surface area contributed by atoms with Crippen molar-refractivity contribution in [2.45, 2.75) is 44.6 Å². The number of thiazole rings is 1. The lowest BCUT2D eigenvalue weighted by Gasteiger charge is -2.53. The number of hydrogen-bond donors (Lipinski definition) is 0. The number of hydrogen-bond acceptors (Lipinski definition) is 6. The third kappa shape index (κ3) is 3.67. The number of pyridine rings is 1. The van der Waals surface area contributed by atoms with Crippen LogP contribution in [-0.2, 0) is 22.6 Å². The van der Waals surface area contributed by atoms with Crippen LogP contribution in [0.3, 0.4) is 0 Å². The second-order valence-electron chi connectivity index (χ2n) is 6.82. The first-order chi connectivity index (χ1) is 11.7. The Labute approximate surface area is 146 Å². The maximum Gasteiger partial charge on any atom is 0.0959 e. The van der Waals surface area contributed by atoms with Gasteiger partial charge in [-0.15, -0.1) is 11.3 Å². The highest BCUT2D eigenvalue weighted by molar-refractivity contribution is 7.09. The van der Waals surface area contributed by atoms with Gasteiger partial charge in [0.15, 0.2) is 0 Å². The summed E-state index contributed by atoms with van der Waals surface area (Å²) in [6, 6.07) is 4.16. The van der Waals surface area contributed by atoms with Crippen LogP contribution < -0.4 is 0 Å². The summed E-state index contributed by atoms with van der Waals surface area (Å²) in [5.74, 6) is 0. The molecule has 0 radical (unpaired) electrons. The first-order valence-corrected chi connectivity index (χ1v) is 9.37. The summed E-state index contributed by atoms with van der Waals surface area (Å²) in [4.78, 5) is 11.0. The number of likely N-dealkylation sites (tertiary alicyclic amines) is 1. The average Bonchev–Trinajstić information content (AvgIpc) is 2.98. The molecule has 2 aliphatic rings. The van der Waals surface area contributed by atoms with Gasteiger partial charge in [-0.25, -0.2) is 4.98 Å². The molecule has 4 rings (SSSR count). The lowest BCUT2D eigenvalue weighted by molar-refractivity contribution is -0.200. The summed E-state index contributed by atoms with van der Waals surface area (Å²) in [5, 5.41) is 3.19. The van der Waals surface area contributed by atoms with Crippen LogP contribution in [0.1, 0.15) is 29.1 Å². The highest BCUT2D eigenvalue weighted by Gasteiger charge is 2.47. The standard InChI is InChI=1S/C18H23N3O2S/c1-14-20-16(11-24-14)10-22-17-4-7-23-18(8-17)12-21(13-18)9-15-2-5-19-6-3-15/h2-3,5-6,11,17H,4,7-10,12-13H2,1H3. The molecule has 0 N–H and O–H groups in total. The minimum absolute atomic E-state index is 0.00601. The molecular weight excluding hydrogens is 322 g/mol. The van der Waals surface area contributed by atoms with Crippen molar-refractivity contribution in [2.75, 3.05) is 19.7 Å². The monoisotopic (exact) mass is 345 g/mol. The highest BCUT2D eigenvalue weighted by atomic mass is 32.1. The van der Waals surface area contributed by atoms with Crippen LogP contribution in [0, 0.1) is 6.92 Å². The number of aromatic nitrogens is 2. The van der Waals surface area contributed by atoms with E-state index in [0.717, 1.165) is 49.8 Å². The van der Waals surface area contributed by atoms with E-state index >= 15 is 0 Å². The molecule has 2 aromatic heterocycles. The molecule has 0 aliphatic carbocycles. The third-order valence-corrected chi connectivity index (χ3v) is 5.58. The molecule has 4 heterocycles. The number of ether oxygens (including phenoxy) is 2. The Bertz CT molecular complexity index is 670. The average molecular weight is 345 g/mol. The van der Waals surface area contributed by atoms with Crippen LogP contribution in [0.15, 0.2) is 29.9 Å². The predicted molar refractivity (Wildman–Crippen MR) is 92.9 cm³/mol. The highest BCUT2D eigenvalue weighted by Crippen LogP contribution is 2.36. The van der Waals surface area contributed by atoms with Crippen LogP contribution in [-0.4, -0.2) is 46.3 Å². The summed E-state index contributed by atoms with van der Waals surface area (Å²) in [6.45, 7) is 6.40. The van der Waals surface area contributed by atoms with E-state index < -0.39 is 0 Å². The van der Waals surface area contributed by atoms with Crippen molar-refractivity contribution in [1.29, 1.82) is 0 Å². The first kappa shape index (κ1) is 16.1. The van der Waals surface area contributed by atoms with Gasteiger partial charge < -0.3 is 9.47 Å². The lowest BCUT2D eigenvalue weighted by Crippen LogP contribution is -2.65. The molecule has 24 heavy (non-hydrogen) atoms. The minimum atomic E-state index is -0.00601. The van der Waals surface area contributed by atoms with E-state index in [9.17, 15) is 0 Å². The Kier molecular flexibility index (Phi) is 4.63. The van der Waals surface area contributed by atoms with Gasteiger partial charge in [-0.2, -0.15) is 0 Å². The SMILES string of the molecule is Cc1nc(COC2CCOC3(C2)CN(Cc2ccncc2)C3)cs1. The van der Waals surface area contributed by atoms with Crippen LogP contribution in [0.2, 0.25) is 0 Å². The Morgan fingerprint density at radius 2 is 2.21 bits per heavy atom. The fraction of sp³-hybridized carbons (Fsp3) is 0.556. The topological polar surface area (TPSA) is 47.5 Å². The summed E-state index contributed by atoms with van der Waals surface area (Å²) < 4.78 is 12.2. The van der Waals surface area contributed by atoms with Gasteiger partial charge in [0.1, 0.15) is 0 Å². The fourth-order valence-corrected chi connectivity index (χ4v) is 4.25. The molecule has 1 spiro atoms. The summed E-state index contributed by atoms with van der Waals surface area (Å²) >= 11 is 1.68. The van der Waals surface area contributed by atoms with Gasteiger partial charge in [-0.05, 0) is 31.0 Å². The largest absolute Gasteiger partial charge is 0.372 e. The van der Waals surface area contributed by atoms with Gasteiger partial charge in [-0.1, -0.05) is 0 Å². The second kappa shape index (κ2) is 6.88. The van der Waals surface area contributed by atoms with Crippen LogP contribution >= 0.6 is 11.3 Å². The van der Waals surface area contributed by atoms with Crippen molar-refractivity contribution in [3.8, 4) is 0 Å². The maximum absolute atomic E-state index is 6.11. The van der Waals surface area contributed by atoms with Crippen LogP contribution in [0.5, 0.6) is 0 Å². The predicted octanol–water partition coefficient (Wildman–Crippen LogP) is 2.80. The molecule has 5 nitrogen and oxygen atoms in total. The third-order valence-electron chi connectivity index (χ3n) is 4.76. The number of rotatable bonds is 5. The van der Waals surface area contributed by atoms with Crippen molar-refractivity contribution in [2.24, 2.45) is 0 Å². The second-order valence-corrected chi connectivity index (χ2v) is 7.88. The molecule has 2 aliphatic heterocycles. The maximum atomic E-state index is 6.11. The van der Waals surface area contributed by atoms with Crippen molar-refractivity contribution in [3.63, 3.8) is 0 Å². The van der Waals surface area contributed by atoms with Gasteiger partial charge in [0.25, 0.3) is 0 Å². The number of aryl methyl sites for hydroxylation is 1. The Balaban J connectivity index is 1.26. The van der Waals surface area contributed by atoms with E-state index in [2.05, 4.69) is 32.4 Å². The molecular formula is C18H23N3O2S. The van der Waals surface area contributed by atoms with Gasteiger partial charge in [0.05, 0.1) is 29.0 Å². The van der Waals surface area contributed by atoms with E-state index in [1.54, 1.807) is 11.3 Å². The van der Waals surface area contributed by atoms with E-state index in [1.165, 1.54) is 5.56 Å². The summed E-state index contributed by atoms with van der Waals surface area (Å²) in [6.07, 6.45) is 5.96. The molecule has 0 amide bonds. The molecule has 2 fully saturated rings. The minimum Gasteiger partial charge on any atom is -0.372 e. The molecule has 0 aromatic carbocycles. The van der Waals surface area contributed by atoms with E-state index in [0.29, 0.717) is 6.61 Å². The Morgan fingerprint density at radius 3 is 2.96 bits per heavy atom. The molecule has 1 unspecified atom stereocenters.